The molecule has 0 aliphatic carbocycles. The lowest BCUT2D eigenvalue weighted by molar-refractivity contribution is 0.405. The minimum Gasteiger partial charge on any atom is -0.496 e. The highest BCUT2D eigenvalue weighted by Gasteiger charge is 2.22. The van der Waals surface area contributed by atoms with Gasteiger partial charge < -0.3 is 4.74 Å². The molecule has 1 aliphatic rings. The Bertz CT molecular complexity index is 568. The third-order valence-electron chi connectivity index (χ3n) is 3.31. The minimum absolute atomic E-state index is 0.649. The van der Waals surface area contributed by atoms with Gasteiger partial charge in [-0.2, -0.15) is 0 Å². The molecule has 0 bridgehead atoms. The van der Waals surface area contributed by atoms with Gasteiger partial charge >= 0.3 is 0 Å². The van der Waals surface area contributed by atoms with Crippen LogP contribution in [0.5, 0.6) is 5.75 Å². The van der Waals surface area contributed by atoms with E-state index in [-0.39, 0.29) is 0 Å². The number of methoxy groups -OCH3 is 1. The molecule has 1 unspecified atom stereocenters. The molecule has 98 valence electrons. The summed E-state index contributed by atoms with van der Waals surface area (Å²) in [4.78, 5) is 2.69. The van der Waals surface area contributed by atoms with E-state index in [1.54, 1.807) is 7.11 Å². The predicted molar refractivity (Wildman–Crippen MR) is 83.6 cm³/mol. The molecule has 0 amide bonds. The summed E-state index contributed by atoms with van der Waals surface area (Å²) in [6.07, 6.45) is 0. The van der Waals surface area contributed by atoms with Crippen LogP contribution in [0, 0.1) is 0 Å². The Morgan fingerprint density at radius 2 is 1.95 bits per heavy atom. The van der Waals surface area contributed by atoms with Gasteiger partial charge in [0.2, 0.25) is 0 Å². The monoisotopic (exact) mass is 288 g/mol. The van der Waals surface area contributed by atoms with Gasteiger partial charge in [-0.1, -0.05) is 30.3 Å². The molecule has 0 saturated carbocycles. The first-order valence-electron chi connectivity index (χ1n) is 6.36. The Kier molecular flexibility index (Phi) is 4.04. The van der Waals surface area contributed by atoms with Crippen molar-refractivity contribution in [3.8, 4) is 5.75 Å². The topological polar surface area (TPSA) is 9.23 Å². The molecule has 2 aromatic carbocycles. The van der Waals surface area contributed by atoms with Gasteiger partial charge in [0.15, 0.2) is 0 Å². The van der Waals surface area contributed by atoms with Gasteiger partial charge in [0, 0.05) is 27.2 Å². The number of ether oxygens (including phenoxy) is 1. The average molecular weight is 288 g/mol. The molecule has 0 N–H and O–H groups in total. The first kappa shape index (κ1) is 12.9. The van der Waals surface area contributed by atoms with Gasteiger partial charge in [0.25, 0.3) is 0 Å². The zero-order valence-corrected chi connectivity index (χ0v) is 12.5. The second-order valence-electron chi connectivity index (χ2n) is 4.51. The maximum absolute atomic E-state index is 5.40. The van der Waals surface area contributed by atoms with Gasteiger partial charge in [-0.05, 0) is 23.8 Å². The molecule has 0 fully saturated rings. The number of benzene rings is 2. The molecule has 1 heterocycles. The van der Waals surface area contributed by atoms with E-state index in [1.165, 1.54) is 21.1 Å². The smallest absolute Gasteiger partial charge is 0.132 e. The Morgan fingerprint density at radius 3 is 2.84 bits per heavy atom. The summed E-state index contributed by atoms with van der Waals surface area (Å²) < 4.78 is 5.40. The van der Waals surface area contributed by atoms with Crippen molar-refractivity contribution in [1.29, 1.82) is 0 Å². The summed E-state index contributed by atoms with van der Waals surface area (Å²) >= 11 is 3.87. The maximum Gasteiger partial charge on any atom is 0.132 e. The van der Waals surface area contributed by atoms with E-state index in [4.69, 9.17) is 4.74 Å². The highest BCUT2D eigenvalue weighted by molar-refractivity contribution is 8.00. The Labute approximate surface area is 122 Å². The lowest BCUT2D eigenvalue weighted by Crippen LogP contribution is -2.00. The van der Waals surface area contributed by atoms with Crippen molar-refractivity contribution in [2.45, 2.75) is 15.7 Å². The summed E-state index contributed by atoms with van der Waals surface area (Å²) in [5.41, 5.74) is 1.51. The van der Waals surface area contributed by atoms with Crippen molar-refractivity contribution >= 4 is 23.5 Å². The zero-order valence-electron chi connectivity index (χ0n) is 10.8. The SMILES string of the molecule is COc1ccccc1SCC1CSc2ccccc21. The van der Waals surface area contributed by atoms with E-state index in [9.17, 15) is 0 Å². The first-order chi connectivity index (χ1) is 9.38. The fraction of sp³-hybridized carbons (Fsp3) is 0.250. The minimum atomic E-state index is 0.649. The first-order valence-corrected chi connectivity index (χ1v) is 8.33. The third kappa shape index (κ3) is 2.77. The van der Waals surface area contributed by atoms with Gasteiger partial charge in [-0.15, -0.1) is 23.5 Å². The fourth-order valence-electron chi connectivity index (χ4n) is 2.30. The molecule has 1 aliphatic heterocycles. The lowest BCUT2D eigenvalue weighted by atomic mass is 10.0. The number of para-hydroxylation sites is 1. The number of thioether (sulfide) groups is 2. The van der Waals surface area contributed by atoms with Gasteiger partial charge in [-0.3, -0.25) is 0 Å². The van der Waals surface area contributed by atoms with Crippen LogP contribution in [0.2, 0.25) is 0 Å². The lowest BCUT2D eigenvalue weighted by Gasteiger charge is -2.12. The second-order valence-corrected chi connectivity index (χ2v) is 6.63. The molecule has 1 nitrogen and oxygen atoms in total. The zero-order chi connectivity index (χ0) is 13.1. The number of rotatable bonds is 4. The molecule has 0 saturated heterocycles. The number of hydrogen-bond acceptors (Lipinski definition) is 3. The molecule has 19 heavy (non-hydrogen) atoms. The van der Waals surface area contributed by atoms with Crippen LogP contribution in [0.25, 0.3) is 0 Å². The van der Waals surface area contributed by atoms with Crippen molar-refractivity contribution in [3.05, 3.63) is 54.1 Å². The van der Waals surface area contributed by atoms with E-state index in [0.29, 0.717) is 5.92 Å². The highest BCUT2D eigenvalue weighted by atomic mass is 32.2. The number of fused-ring (bicyclic) bond motifs is 1. The predicted octanol–water partition coefficient (Wildman–Crippen LogP) is 4.68. The Morgan fingerprint density at radius 1 is 1.16 bits per heavy atom. The van der Waals surface area contributed by atoms with Crippen LogP contribution < -0.4 is 4.74 Å². The molecule has 0 aromatic heterocycles. The standard InChI is InChI=1S/C16H16OS2/c1-17-14-7-3-5-9-16(14)19-11-12-10-18-15-8-4-2-6-13(12)15/h2-9,12H,10-11H2,1H3. The average Bonchev–Trinajstić information content (AvgIpc) is 2.89. The van der Waals surface area contributed by atoms with E-state index >= 15 is 0 Å². The van der Waals surface area contributed by atoms with Crippen molar-refractivity contribution in [3.63, 3.8) is 0 Å². The molecular weight excluding hydrogens is 272 g/mol. The molecule has 1 atom stereocenters. The van der Waals surface area contributed by atoms with Crippen LogP contribution in [0.1, 0.15) is 11.5 Å². The van der Waals surface area contributed by atoms with Crippen LogP contribution in [0.3, 0.4) is 0 Å². The molecule has 3 rings (SSSR count). The Balaban J connectivity index is 1.71. The highest BCUT2D eigenvalue weighted by Crippen LogP contribution is 2.42. The van der Waals surface area contributed by atoms with Crippen molar-refractivity contribution < 1.29 is 4.74 Å². The summed E-state index contributed by atoms with van der Waals surface area (Å²) in [6.45, 7) is 0. The largest absolute Gasteiger partial charge is 0.496 e. The molecule has 2 aromatic rings. The Hall–Kier alpha value is -1.06. The quantitative estimate of drug-likeness (QED) is 0.756. The normalized spacial score (nSPS) is 17.2. The maximum atomic E-state index is 5.40. The van der Waals surface area contributed by atoms with Crippen molar-refractivity contribution in [2.75, 3.05) is 18.6 Å². The summed E-state index contributed by atoms with van der Waals surface area (Å²) in [7, 11) is 1.74. The van der Waals surface area contributed by atoms with E-state index in [2.05, 4.69) is 36.4 Å². The van der Waals surface area contributed by atoms with E-state index in [1.807, 2.05) is 35.7 Å². The van der Waals surface area contributed by atoms with Gasteiger partial charge in [0.1, 0.15) is 5.75 Å². The fourth-order valence-corrected chi connectivity index (χ4v) is 4.85. The summed E-state index contributed by atoms with van der Waals surface area (Å²) in [5, 5.41) is 0. The number of hydrogen-bond donors (Lipinski definition) is 0. The van der Waals surface area contributed by atoms with Gasteiger partial charge in [0.05, 0.1) is 7.11 Å². The molecule has 0 spiro atoms. The van der Waals surface area contributed by atoms with Crippen LogP contribution in [0.4, 0.5) is 0 Å². The van der Waals surface area contributed by atoms with Crippen LogP contribution >= 0.6 is 23.5 Å². The van der Waals surface area contributed by atoms with Crippen molar-refractivity contribution in [2.24, 2.45) is 0 Å². The van der Waals surface area contributed by atoms with Crippen LogP contribution in [-0.4, -0.2) is 18.6 Å². The van der Waals surface area contributed by atoms with Crippen molar-refractivity contribution in [1.82, 2.24) is 0 Å². The van der Waals surface area contributed by atoms with Gasteiger partial charge in [-0.25, -0.2) is 0 Å². The second kappa shape index (κ2) is 5.93. The molecular formula is C16H16OS2. The third-order valence-corrected chi connectivity index (χ3v) is 5.78. The molecule has 3 heteroatoms. The van der Waals surface area contributed by atoms with Crippen LogP contribution in [0.15, 0.2) is 58.3 Å². The summed E-state index contributed by atoms with van der Waals surface area (Å²) in [5.74, 6) is 3.94. The summed E-state index contributed by atoms with van der Waals surface area (Å²) in [6, 6.07) is 17.0. The van der Waals surface area contributed by atoms with E-state index < -0.39 is 0 Å². The van der Waals surface area contributed by atoms with Crippen LogP contribution in [-0.2, 0) is 0 Å². The molecule has 0 radical (unpaired) electrons. The van der Waals surface area contributed by atoms with E-state index in [0.717, 1.165) is 11.5 Å².